The molecular formula is C37H28N2. The molecule has 0 saturated carbocycles. The van der Waals surface area contributed by atoms with Crippen LogP contribution in [0.3, 0.4) is 0 Å². The van der Waals surface area contributed by atoms with Gasteiger partial charge >= 0.3 is 0 Å². The first kappa shape index (κ1) is 23.2. The van der Waals surface area contributed by atoms with E-state index in [2.05, 4.69) is 157 Å². The summed E-state index contributed by atoms with van der Waals surface area (Å²) >= 11 is 0. The van der Waals surface area contributed by atoms with E-state index in [9.17, 15) is 0 Å². The van der Waals surface area contributed by atoms with Gasteiger partial charge in [-0.2, -0.15) is 0 Å². The monoisotopic (exact) mass is 500 g/mol. The highest BCUT2D eigenvalue weighted by atomic mass is 15.1. The van der Waals surface area contributed by atoms with Gasteiger partial charge in [0.25, 0.3) is 0 Å². The summed E-state index contributed by atoms with van der Waals surface area (Å²) in [4.78, 5) is 4.98. The van der Waals surface area contributed by atoms with Gasteiger partial charge in [0.05, 0.1) is 17.4 Å². The zero-order valence-corrected chi connectivity index (χ0v) is 21.8. The molecule has 7 rings (SSSR count). The molecule has 2 nitrogen and oxygen atoms in total. The number of hydrogen-bond donors (Lipinski definition) is 0. The second-order valence-electron chi connectivity index (χ2n) is 10.1. The van der Waals surface area contributed by atoms with Gasteiger partial charge < -0.3 is 4.57 Å². The Morgan fingerprint density at radius 3 is 1.69 bits per heavy atom. The van der Waals surface area contributed by atoms with Crippen molar-refractivity contribution in [2.45, 2.75) is 12.5 Å². The van der Waals surface area contributed by atoms with Crippen LogP contribution in [0.15, 0.2) is 152 Å². The maximum atomic E-state index is 4.98. The number of hydrogen-bond acceptors (Lipinski definition) is 1. The minimum Gasteiger partial charge on any atom is -0.312 e. The molecule has 0 atom stereocenters. The van der Waals surface area contributed by atoms with Gasteiger partial charge in [-0.1, -0.05) is 133 Å². The fourth-order valence-electron chi connectivity index (χ4n) is 6.13. The molecule has 0 fully saturated rings. The second kappa shape index (κ2) is 9.41. The van der Waals surface area contributed by atoms with Gasteiger partial charge in [0.1, 0.15) is 5.54 Å². The van der Waals surface area contributed by atoms with Crippen molar-refractivity contribution in [2.24, 2.45) is 0 Å². The van der Waals surface area contributed by atoms with E-state index < -0.39 is 5.54 Å². The quantitative estimate of drug-likeness (QED) is 0.216. The lowest BCUT2D eigenvalue weighted by molar-refractivity contribution is 0.529. The lowest BCUT2D eigenvalue weighted by Crippen LogP contribution is -2.37. The molecule has 0 aliphatic heterocycles. The molecule has 0 spiro atoms. The normalized spacial score (nSPS) is 11.7. The van der Waals surface area contributed by atoms with E-state index in [0.29, 0.717) is 0 Å². The van der Waals surface area contributed by atoms with E-state index in [0.717, 1.165) is 11.0 Å². The molecular weight excluding hydrogens is 472 g/mol. The highest BCUT2D eigenvalue weighted by Gasteiger charge is 2.39. The first-order chi connectivity index (χ1) is 19.3. The lowest BCUT2D eigenvalue weighted by atomic mass is 9.76. The largest absolute Gasteiger partial charge is 0.312 e. The van der Waals surface area contributed by atoms with Crippen LogP contribution < -0.4 is 0 Å². The van der Waals surface area contributed by atoms with Gasteiger partial charge in [-0.25, -0.2) is 4.98 Å². The fraction of sp³-hybridized carbons (Fsp3) is 0.0541. The predicted molar refractivity (Wildman–Crippen MR) is 162 cm³/mol. The zero-order valence-electron chi connectivity index (χ0n) is 21.8. The Kier molecular flexibility index (Phi) is 5.60. The molecule has 7 aromatic rings. The third kappa shape index (κ3) is 3.68. The van der Waals surface area contributed by atoms with E-state index in [-0.39, 0.29) is 0 Å². The Bertz CT molecular complexity index is 1800. The van der Waals surface area contributed by atoms with E-state index in [4.69, 9.17) is 4.98 Å². The summed E-state index contributed by atoms with van der Waals surface area (Å²) in [6.07, 6.45) is 2.02. The minimum atomic E-state index is -0.607. The highest BCUT2D eigenvalue weighted by molar-refractivity contribution is 5.99. The molecule has 0 saturated heterocycles. The molecule has 186 valence electrons. The topological polar surface area (TPSA) is 17.8 Å². The molecule has 0 aliphatic rings. The van der Waals surface area contributed by atoms with Gasteiger partial charge in [0.15, 0.2) is 0 Å². The van der Waals surface area contributed by atoms with Crippen LogP contribution in [0.2, 0.25) is 0 Å². The van der Waals surface area contributed by atoms with Crippen LogP contribution in [-0.4, -0.2) is 9.55 Å². The van der Waals surface area contributed by atoms with Crippen molar-refractivity contribution in [1.29, 1.82) is 0 Å². The van der Waals surface area contributed by atoms with Crippen molar-refractivity contribution in [3.63, 3.8) is 0 Å². The van der Waals surface area contributed by atoms with Gasteiger partial charge in [-0.05, 0) is 63.2 Å². The molecule has 0 aliphatic carbocycles. The molecule has 1 heterocycles. The summed E-state index contributed by atoms with van der Waals surface area (Å²) in [6, 6.07) is 52.1. The van der Waals surface area contributed by atoms with Crippen LogP contribution in [0.25, 0.3) is 32.9 Å². The van der Waals surface area contributed by atoms with Gasteiger partial charge in [-0.3, -0.25) is 0 Å². The van der Waals surface area contributed by atoms with E-state index >= 15 is 0 Å². The summed E-state index contributed by atoms with van der Waals surface area (Å²) < 4.78 is 2.37. The van der Waals surface area contributed by atoms with Crippen molar-refractivity contribution in [3.05, 3.63) is 174 Å². The highest BCUT2D eigenvalue weighted by Crippen LogP contribution is 2.43. The molecule has 0 bridgehead atoms. The summed E-state index contributed by atoms with van der Waals surface area (Å²) in [7, 11) is 0. The SMILES string of the molecule is Cc1cc2ncn(C(c3ccccc3)(c3ccccc3)c3ccccc3)c2cc1-c1cccc2ccccc12. The number of imidazole rings is 1. The number of aromatic nitrogens is 2. The van der Waals surface area contributed by atoms with Crippen LogP contribution >= 0.6 is 0 Å². The van der Waals surface area contributed by atoms with Gasteiger partial charge in [-0.15, -0.1) is 0 Å². The lowest BCUT2D eigenvalue weighted by Gasteiger charge is -2.38. The molecule has 2 heteroatoms. The summed E-state index contributed by atoms with van der Waals surface area (Å²) in [5.74, 6) is 0. The van der Waals surface area contributed by atoms with Crippen molar-refractivity contribution < 1.29 is 0 Å². The molecule has 0 amide bonds. The first-order valence-corrected chi connectivity index (χ1v) is 13.4. The Balaban J connectivity index is 1.59. The van der Waals surface area contributed by atoms with Crippen molar-refractivity contribution >= 4 is 21.8 Å². The Labute approximate surface area is 228 Å². The van der Waals surface area contributed by atoms with Crippen LogP contribution in [0.1, 0.15) is 22.3 Å². The zero-order chi connectivity index (χ0) is 26.2. The molecule has 0 unspecified atom stereocenters. The average molecular weight is 501 g/mol. The van der Waals surface area contributed by atoms with Crippen LogP contribution in [0.4, 0.5) is 0 Å². The van der Waals surface area contributed by atoms with E-state index in [1.165, 1.54) is 44.2 Å². The van der Waals surface area contributed by atoms with Gasteiger partial charge in [0, 0.05) is 0 Å². The third-order valence-corrected chi connectivity index (χ3v) is 7.91. The number of benzene rings is 6. The molecule has 39 heavy (non-hydrogen) atoms. The molecule has 0 N–H and O–H groups in total. The van der Waals surface area contributed by atoms with Gasteiger partial charge in [0.2, 0.25) is 0 Å². The third-order valence-electron chi connectivity index (χ3n) is 7.91. The van der Waals surface area contributed by atoms with Crippen LogP contribution in [0, 0.1) is 6.92 Å². The average Bonchev–Trinajstić information content (AvgIpc) is 3.41. The summed E-state index contributed by atoms with van der Waals surface area (Å²) in [5, 5.41) is 2.50. The predicted octanol–water partition coefficient (Wildman–Crippen LogP) is 9.01. The van der Waals surface area contributed by atoms with Crippen molar-refractivity contribution in [3.8, 4) is 11.1 Å². The Hall–Kier alpha value is -4.95. The summed E-state index contributed by atoms with van der Waals surface area (Å²) in [5.41, 5.74) is 8.73. The standard InChI is InChI=1S/C37H28N2/c1-27-24-35-36(25-34(27)33-23-13-15-28-14-11-12-22-32(28)33)39(26-38-35)37(29-16-5-2-6-17-29,30-18-7-3-8-19-30)31-20-9-4-10-21-31/h2-26H,1H3. The Morgan fingerprint density at radius 1 is 0.538 bits per heavy atom. The second-order valence-corrected chi connectivity index (χ2v) is 10.1. The molecule has 0 radical (unpaired) electrons. The number of fused-ring (bicyclic) bond motifs is 2. The number of rotatable bonds is 5. The number of nitrogens with zero attached hydrogens (tertiary/aromatic N) is 2. The van der Waals surface area contributed by atoms with E-state index in [1.54, 1.807) is 0 Å². The molecule has 6 aromatic carbocycles. The van der Waals surface area contributed by atoms with E-state index in [1.807, 2.05) is 6.33 Å². The van der Waals surface area contributed by atoms with Crippen LogP contribution in [-0.2, 0) is 5.54 Å². The maximum absolute atomic E-state index is 4.98. The van der Waals surface area contributed by atoms with Crippen molar-refractivity contribution in [1.82, 2.24) is 9.55 Å². The first-order valence-electron chi connectivity index (χ1n) is 13.4. The van der Waals surface area contributed by atoms with Crippen LogP contribution in [0.5, 0.6) is 0 Å². The van der Waals surface area contributed by atoms with Crippen molar-refractivity contribution in [2.75, 3.05) is 0 Å². The fourth-order valence-corrected chi connectivity index (χ4v) is 6.13. The minimum absolute atomic E-state index is 0.607. The maximum Gasteiger partial charge on any atom is 0.122 e. The smallest absolute Gasteiger partial charge is 0.122 e. The Morgan fingerprint density at radius 2 is 1.08 bits per heavy atom. The molecule has 1 aromatic heterocycles. The number of aryl methyl sites for hydroxylation is 1. The summed E-state index contributed by atoms with van der Waals surface area (Å²) in [6.45, 7) is 2.19.